The Morgan fingerprint density at radius 2 is 1.74 bits per heavy atom. The first-order valence-electron chi connectivity index (χ1n) is 10.2. The summed E-state index contributed by atoms with van der Waals surface area (Å²) in [6.45, 7) is 7.18. The Bertz CT molecular complexity index is 1260. The van der Waals surface area contributed by atoms with Crippen molar-refractivity contribution in [3.63, 3.8) is 0 Å². The molecule has 0 spiro atoms. The lowest BCUT2D eigenvalue weighted by molar-refractivity contribution is -0.121. The molecule has 6 heteroatoms. The SMILES string of the molecule is C=CCN1C(=O)/C(=C2/Sc3ccccc3N2CC)SC1=Nc1ccc2ccccc2c1. The first-order valence-corrected chi connectivity index (χ1v) is 11.8. The number of amides is 1. The highest BCUT2D eigenvalue weighted by molar-refractivity contribution is 8.19. The third-order valence-electron chi connectivity index (χ3n) is 5.25. The number of para-hydroxylation sites is 1. The van der Waals surface area contributed by atoms with E-state index in [4.69, 9.17) is 4.99 Å². The van der Waals surface area contributed by atoms with Gasteiger partial charge in [-0.15, -0.1) is 6.58 Å². The number of aliphatic imine (C=N–C) groups is 1. The van der Waals surface area contributed by atoms with Crippen LogP contribution in [0.5, 0.6) is 0 Å². The van der Waals surface area contributed by atoms with Crippen molar-refractivity contribution in [3.8, 4) is 0 Å². The molecule has 0 atom stereocenters. The van der Waals surface area contributed by atoms with Gasteiger partial charge in [-0.3, -0.25) is 9.69 Å². The number of fused-ring (bicyclic) bond motifs is 2. The highest BCUT2D eigenvalue weighted by Gasteiger charge is 2.39. The van der Waals surface area contributed by atoms with E-state index in [1.165, 1.54) is 22.0 Å². The maximum Gasteiger partial charge on any atom is 0.269 e. The number of benzene rings is 3. The van der Waals surface area contributed by atoms with E-state index in [1.54, 1.807) is 22.7 Å². The fourth-order valence-corrected chi connectivity index (χ4v) is 6.18. The summed E-state index contributed by atoms with van der Waals surface area (Å²) in [5.41, 5.74) is 1.99. The molecule has 2 aliphatic heterocycles. The summed E-state index contributed by atoms with van der Waals surface area (Å²) in [5, 5.41) is 3.98. The summed E-state index contributed by atoms with van der Waals surface area (Å²) in [6.07, 6.45) is 1.75. The predicted octanol–water partition coefficient (Wildman–Crippen LogP) is 6.39. The van der Waals surface area contributed by atoms with Gasteiger partial charge in [0.05, 0.1) is 11.4 Å². The summed E-state index contributed by atoms with van der Waals surface area (Å²) in [6, 6.07) is 22.6. The summed E-state index contributed by atoms with van der Waals surface area (Å²) in [5.74, 6) is -0.0156. The lowest BCUT2D eigenvalue weighted by Gasteiger charge is -2.19. The number of carbonyl (C=O) groups excluding carboxylic acids is 1. The minimum absolute atomic E-state index is 0.0156. The molecule has 1 fully saturated rings. The van der Waals surface area contributed by atoms with Crippen LogP contribution in [0.3, 0.4) is 0 Å². The molecule has 4 nitrogen and oxygen atoms in total. The fraction of sp³-hybridized carbons (Fsp3) is 0.120. The second-order valence-corrected chi connectivity index (χ2v) is 9.19. The molecule has 0 N–H and O–H groups in total. The molecule has 2 aliphatic rings. The second kappa shape index (κ2) is 8.29. The van der Waals surface area contributed by atoms with Crippen LogP contribution in [-0.2, 0) is 4.79 Å². The van der Waals surface area contributed by atoms with E-state index in [2.05, 4.69) is 54.8 Å². The number of rotatable bonds is 4. The number of hydrogen-bond acceptors (Lipinski definition) is 5. The highest BCUT2D eigenvalue weighted by atomic mass is 32.2. The molecule has 3 aromatic rings. The Morgan fingerprint density at radius 3 is 2.55 bits per heavy atom. The molecule has 3 aromatic carbocycles. The molecular formula is C25H21N3OS2. The van der Waals surface area contributed by atoms with Gasteiger partial charge in [0.1, 0.15) is 9.93 Å². The molecule has 0 aliphatic carbocycles. The van der Waals surface area contributed by atoms with Gasteiger partial charge in [-0.2, -0.15) is 0 Å². The minimum Gasteiger partial charge on any atom is -0.334 e. The molecule has 5 rings (SSSR count). The molecule has 1 amide bonds. The quantitative estimate of drug-likeness (QED) is 0.346. The van der Waals surface area contributed by atoms with Crippen LogP contribution in [0, 0.1) is 0 Å². The number of thioether (sulfide) groups is 2. The van der Waals surface area contributed by atoms with Gasteiger partial charge in [-0.25, -0.2) is 4.99 Å². The molecule has 31 heavy (non-hydrogen) atoms. The summed E-state index contributed by atoms with van der Waals surface area (Å²) >= 11 is 3.11. The van der Waals surface area contributed by atoms with Crippen molar-refractivity contribution in [3.05, 3.63) is 89.3 Å². The molecule has 0 bridgehead atoms. The van der Waals surface area contributed by atoms with Gasteiger partial charge in [-0.1, -0.05) is 60.3 Å². The van der Waals surface area contributed by atoms with Crippen molar-refractivity contribution in [2.45, 2.75) is 11.8 Å². The largest absolute Gasteiger partial charge is 0.334 e. The smallest absolute Gasteiger partial charge is 0.269 e. The maximum atomic E-state index is 13.4. The lowest BCUT2D eigenvalue weighted by atomic mass is 10.1. The standard InChI is InChI=1S/C25H21N3OS2/c1-3-15-28-23(29)22(24-27(4-2)20-11-7-8-12-21(20)30-24)31-25(28)26-19-14-13-17-9-5-6-10-18(17)16-19/h3,5-14,16H,1,4,15H2,2H3/b24-22-,26-25?. The minimum atomic E-state index is -0.0156. The number of amidine groups is 1. The third kappa shape index (κ3) is 3.56. The highest BCUT2D eigenvalue weighted by Crippen LogP contribution is 2.50. The molecule has 0 aromatic heterocycles. The van der Waals surface area contributed by atoms with Crippen LogP contribution in [0.15, 0.2) is 99.2 Å². The van der Waals surface area contributed by atoms with E-state index in [0.29, 0.717) is 11.7 Å². The van der Waals surface area contributed by atoms with Crippen molar-refractivity contribution in [2.75, 3.05) is 18.0 Å². The molecule has 0 radical (unpaired) electrons. The maximum absolute atomic E-state index is 13.4. The Kier molecular flexibility index (Phi) is 5.34. The van der Waals surface area contributed by atoms with Gasteiger partial charge >= 0.3 is 0 Å². The Hall–Kier alpha value is -2.96. The van der Waals surface area contributed by atoms with Gasteiger partial charge in [0, 0.05) is 18.0 Å². The average Bonchev–Trinajstić information content (AvgIpc) is 3.31. The molecule has 2 heterocycles. The zero-order valence-corrected chi connectivity index (χ0v) is 18.7. The van der Waals surface area contributed by atoms with E-state index < -0.39 is 0 Å². The Labute approximate surface area is 190 Å². The third-order valence-corrected chi connectivity index (χ3v) is 7.63. The monoisotopic (exact) mass is 443 g/mol. The van der Waals surface area contributed by atoms with Crippen LogP contribution in [-0.4, -0.2) is 29.1 Å². The van der Waals surface area contributed by atoms with Crippen LogP contribution >= 0.6 is 23.5 Å². The zero-order chi connectivity index (χ0) is 21.4. The van der Waals surface area contributed by atoms with E-state index in [1.807, 2.05) is 30.3 Å². The molecule has 1 saturated heterocycles. The van der Waals surface area contributed by atoms with Gasteiger partial charge < -0.3 is 4.90 Å². The van der Waals surface area contributed by atoms with Crippen LogP contribution < -0.4 is 4.90 Å². The molecule has 154 valence electrons. The van der Waals surface area contributed by atoms with Crippen molar-refractivity contribution >= 4 is 56.7 Å². The summed E-state index contributed by atoms with van der Waals surface area (Å²) in [7, 11) is 0. The topological polar surface area (TPSA) is 35.9 Å². The van der Waals surface area contributed by atoms with Gasteiger partial charge in [0.2, 0.25) is 0 Å². The van der Waals surface area contributed by atoms with Crippen molar-refractivity contribution in [2.24, 2.45) is 4.99 Å². The van der Waals surface area contributed by atoms with Gasteiger partial charge in [-0.05, 0) is 53.7 Å². The first kappa shape index (κ1) is 20.0. The zero-order valence-electron chi connectivity index (χ0n) is 17.1. The van der Waals surface area contributed by atoms with Crippen LogP contribution in [0.4, 0.5) is 11.4 Å². The van der Waals surface area contributed by atoms with Gasteiger partial charge in [0.15, 0.2) is 5.17 Å². The number of carbonyl (C=O) groups is 1. The normalized spacial score (nSPS) is 19.5. The first-order chi connectivity index (χ1) is 15.2. The van der Waals surface area contributed by atoms with Crippen molar-refractivity contribution < 1.29 is 4.79 Å². The molecular weight excluding hydrogens is 422 g/mol. The average molecular weight is 444 g/mol. The fourth-order valence-electron chi connectivity index (χ4n) is 3.78. The Balaban J connectivity index is 1.56. The van der Waals surface area contributed by atoms with Gasteiger partial charge in [0.25, 0.3) is 5.91 Å². The Morgan fingerprint density at radius 1 is 0.968 bits per heavy atom. The summed E-state index contributed by atoms with van der Waals surface area (Å²) < 4.78 is 0. The van der Waals surface area contributed by atoms with Crippen molar-refractivity contribution in [1.29, 1.82) is 0 Å². The van der Waals surface area contributed by atoms with E-state index in [9.17, 15) is 4.79 Å². The van der Waals surface area contributed by atoms with E-state index in [0.717, 1.165) is 33.2 Å². The lowest BCUT2D eigenvalue weighted by Crippen LogP contribution is -2.30. The van der Waals surface area contributed by atoms with Crippen LogP contribution in [0.2, 0.25) is 0 Å². The molecule has 0 unspecified atom stereocenters. The number of hydrogen-bond donors (Lipinski definition) is 0. The van der Waals surface area contributed by atoms with Crippen LogP contribution in [0.1, 0.15) is 6.92 Å². The number of anilines is 1. The summed E-state index contributed by atoms with van der Waals surface area (Å²) in [4.78, 5) is 24.1. The van der Waals surface area contributed by atoms with E-state index >= 15 is 0 Å². The predicted molar refractivity (Wildman–Crippen MR) is 133 cm³/mol. The molecule has 0 saturated carbocycles. The number of nitrogens with zero attached hydrogens (tertiary/aromatic N) is 3. The van der Waals surface area contributed by atoms with E-state index in [-0.39, 0.29) is 5.91 Å². The second-order valence-electron chi connectivity index (χ2n) is 7.18. The van der Waals surface area contributed by atoms with Crippen LogP contribution in [0.25, 0.3) is 10.8 Å². The van der Waals surface area contributed by atoms with Crippen molar-refractivity contribution in [1.82, 2.24) is 4.90 Å².